The second-order valence-corrected chi connectivity index (χ2v) is 13.1. The molecule has 3 N–H and O–H groups in total. The molecule has 0 atom stereocenters. The number of fused-ring (bicyclic) bond motifs is 2. The highest BCUT2D eigenvalue weighted by molar-refractivity contribution is 7.98. The van der Waals surface area contributed by atoms with Gasteiger partial charge in [-0.25, -0.2) is 4.79 Å². The van der Waals surface area contributed by atoms with Crippen molar-refractivity contribution in [2.45, 2.75) is 51.8 Å². The Morgan fingerprint density at radius 3 is 2.73 bits per heavy atom. The van der Waals surface area contributed by atoms with E-state index in [1.165, 1.54) is 17.5 Å². The summed E-state index contributed by atoms with van der Waals surface area (Å²) in [5, 5.41) is 16.6. The molecule has 0 bridgehead atoms. The van der Waals surface area contributed by atoms with Crippen LogP contribution in [-0.4, -0.2) is 56.3 Å². The van der Waals surface area contributed by atoms with Crippen molar-refractivity contribution in [2.24, 2.45) is 17.8 Å². The highest BCUT2D eigenvalue weighted by Crippen LogP contribution is 2.43. The van der Waals surface area contributed by atoms with Crippen molar-refractivity contribution in [1.29, 1.82) is 0 Å². The number of thiol groups is 1. The summed E-state index contributed by atoms with van der Waals surface area (Å²) >= 11 is 12.9. The van der Waals surface area contributed by atoms with Crippen LogP contribution in [0.5, 0.6) is 5.75 Å². The Kier molecular flexibility index (Phi) is 10.6. The number of aromatic carboxylic acids is 1. The van der Waals surface area contributed by atoms with Crippen LogP contribution in [0.15, 0.2) is 47.1 Å². The van der Waals surface area contributed by atoms with Gasteiger partial charge in [-0.1, -0.05) is 17.7 Å². The van der Waals surface area contributed by atoms with E-state index in [0.29, 0.717) is 53.1 Å². The summed E-state index contributed by atoms with van der Waals surface area (Å²) in [6.07, 6.45) is 5.94. The van der Waals surface area contributed by atoms with Gasteiger partial charge in [-0.15, -0.1) is 11.8 Å². The minimum atomic E-state index is -0.970. The zero-order valence-electron chi connectivity index (χ0n) is 26.2. The van der Waals surface area contributed by atoms with Crippen molar-refractivity contribution < 1.29 is 14.6 Å². The molecule has 2 aromatic carbocycles. The van der Waals surface area contributed by atoms with E-state index in [4.69, 9.17) is 27.2 Å². The maximum Gasteiger partial charge on any atom is 0.352 e. The number of nitrogens with two attached hydrogens (primary N) is 1. The fourth-order valence-corrected chi connectivity index (χ4v) is 7.52. The fraction of sp³-hybridized carbons (Fsp3) is 0.382. The number of rotatable bonds is 13. The van der Waals surface area contributed by atoms with Crippen LogP contribution < -0.4 is 10.5 Å². The molecule has 45 heavy (non-hydrogen) atoms. The molecule has 5 rings (SSSR count). The van der Waals surface area contributed by atoms with Crippen molar-refractivity contribution in [3.8, 4) is 16.9 Å². The van der Waals surface area contributed by atoms with Crippen LogP contribution in [0.3, 0.4) is 0 Å². The molecule has 238 valence electrons. The number of nitrogens with zero attached hydrogens (tertiary/aromatic N) is 4. The molecule has 8 nitrogen and oxygen atoms in total. The lowest BCUT2D eigenvalue weighted by atomic mass is 9.97. The van der Waals surface area contributed by atoms with Crippen LogP contribution in [-0.2, 0) is 32.2 Å². The second-order valence-electron chi connectivity index (χ2n) is 11.3. The lowest BCUT2D eigenvalue weighted by molar-refractivity contribution is 0.0684. The number of carboxylic acid groups (broad SMARTS) is 1. The largest absolute Gasteiger partial charge is 0.494 e. The molecule has 1 aliphatic carbocycles. The van der Waals surface area contributed by atoms with Crippen LogP contribution >= 0.6 is 36.0 Å². The molecule has 0 saturated carbocycles. The number of halogens is 1. The number of ether oxygens (including phenoxy) is 1. The molecule has 4 aromatic rings. The summed E-state index contributed by atoms with van der Waals surface area (Å²) < 4.78 is 9.83. The van der Waals surface area contributed by atoms with E-state index in [2.05, 4.69) is 29.8 Å². The molecule has 11 heteroatoms. The third-order valence-electron chi connectivity index (χ3n) is 8.46. The van der Waals surface area contributed by atoms with E-state index in [0.717, 1.165) is 57.7 Å². The minimum Gasteiger partial charge on any atom is -0.494 e. The second kappa shape index (κ2) is 14.4. The standard InChI is InChI=1S/C34H40ClN5O3S2/c1-20-30-29(40(33(20)34(41)42)13-6-14-43-26-10-9-22-7-5-8-23(22)15-26)12-11-27(35)32(30)31-21(2)39(4)38-28(31)19-45-18-24(36)16-25(17-44)37-3/h9-12,15-16,44H,5-8,13-14,17-19,36H2,1-4H3,(H,41,42). The Morgan fingerprint density at radius 2 is 2.00 bits per heavy atom. The monoisotopic (exact) mass is 665 g/mol. The third kappa shape index (κ3) is 6.93. The maximum absolute atomic E-state index is 12.6. The summed E-state index contributed by atoms with van der Waals surface area (Å²) in [5.74, 6) is 1.62. The fourth-order valence-electron chi connectivity index (χ4n) is 6.22. The first-order valence-electron chi connectivity index (χ1n) is 15.1. The Balaban J connectivity index is 1.44. The molecular formula is C34H40ClN5O3S2. The van der Waals surface area contributed by atoms with Crippen molar-refractivity contribution in [3.63, 3.8) is 0 Å². The van der Waals surface area contributed by atoms with Crippen LogP contribution in [0.4, 0.5) is 0 Å². The lowest BCUT2D eigenvalue weighted by Gasteiger charge is -2.12. The normalized spacial score (nSPS) is 13.6. The summed E-state index contributed by atoms with van der Waals surface area (Å²) in [4.78, 5) is 16.8. The number of thioether (sulfide) groups is 1. The van der Waals surface area contributed by atoms with E-state index in [1.807, 2.05) is 54.4 Å². The van der Waals surface area contributed by atoms with Crippen LogP contribution in [0.2, 0.25) is 5.02 Å². The third-order valence-corrected chi connectivity index (χ3v) is 10.1. The maximum atomic E-state index is 12.6. The number of aryl methyl sites for hydroxylation is 5. The average Bonchev–Trinajstić information content (AvgIpc) is 3.68. The number of benzene rings is 2. The van der Waals surface area contributed by atoms with Gasteiger partial charge in [0.15, 0.2) is 0 Å². The summed E-state index contributed by atoms with van der Waals surface area (Å²) in [6, 6.07) is 10.1. The number of carbonyl (C=O) groups is 1. The number of hydrogen-bond donors (Lipinski definition) is 3. The summed E-state index contributed by atoms with van der Waals surface area (Å²) in [7, 11) is 3.64. The molecule has 0 saturated heterocycles. The summed E-state index contributed by atoms with van der Waals surface area (Å²) in [5.41, 5.74) is 15.9. The zero-order chi connectivity index (χ0) is 32.2. The zero-order valence-corrected chi connectivity index (χ0v) is 28.7. The predicted molar refractivity (Wildman–Crippen MR) is 190 cm³/mol. The molecule has 0 radical (unpaired) electrons. The highest BCUT2D eigenvalue weighted by Gasteiger charge is 2.27. The Morgan fingerprint density at radius 1 is 1.22 bits per heavy atom. The Bertz CT molecular complexity index is 1810. The Hall–Kier alpha value is -3.34. The molecule has 0 aliphatic heterocycles. The van der Waals surface area contributed by atoms with Gasteiger partial charge in [-0.2, -0.15) is 17.7 Å². The summed E-state index contributed by atoms with van der Waals surface area (Å²) in [6.45, 7) is 4.85. The number of allylic oxidation sites excluding steroid dienone is 1. The van der Waals surface area contributed by atoms with Crippen molar-refractivity contribution in [2.75, 3.05) is 25.2 Å². The minimum absolute atomic E-state index is 0.263. The highest BCUT2D eigenvalue weighted by atomic mass is 35.5. The molecule has 2 aromatic heterocycles. The number of aromatic nitrogens is 3. The lowest BCUT2D eigenvalue weighted by Crippen LogP contribution is -2.12. The van der Waals surface area contributed by atoms with Gasteiger partial charge in [0.2, 0.25) is 0 Å². The first-order chi connectivity index (χ1) is 21.6. The van der Waals surface area contributed by atoms with E-state index in [-0.39, 0.29) is 5.69 Å². The van der Waals surface area contributed by atoms with E-state index < -0.39 is 5.97 Å². The van der Waals surface area contributed by atoms with Gasteiger partial charge < -0.3 is 20.1 Å². The van der Waals surface area contributed by atoms with Crippen molar-refractivity contribution in [3.05, 3.63) is 80.9 Å². The molecular weight excluding hydrogens is 626 g/mol. The van der Waals surface area contributed by atoms with Gasteiger partial charge in [0, 0.05) is 82.1 Å². The van der Waals surface area contributed by atoms with Crippen molar-refractivity contribution >= 4 is 58.6 Å². The molecule has 0 unspecified atom stereocenters. The molecule has 1 aliphatic rings. The SMILES string of the molecule is CN=C(C=C(N)CSCc1nn(C)c(C)c1-c1c(Cl)ccc2c1c(C)c(C(=O)O)n2CCCOc1ccc2c(c1)CCC2)CS. The number of hydrogen-bond acceptors (Lipinski definition) is 7. The van der Waals surface area contributed by atoms with Gasteiger partial charge in [-0.3, -0.25) is 9.67 Å². The van der Waals surface area contributed by atoms with Gasteiger partial charge in [0.1, 0.15) is 11.4 Å². The van der Waals surface area contributed by atoms with E-state index in [9.17, 15) is 9.90 Å². The predicted octanol–water partition coefficient (Wildman–Crippen LogP) is 7.04. The topological polar surface area (TPSA) is 108 Å². The quantitative estimate of drug-likeness (QED) is 0.0803. The van der Waals surface area contributed by atoms with Crippen LogP contribution in [0, 0.1) is 13.8 Å². The van der Waals surface area contributed by atoms with Crippen molar-refractivity contribution in [1.82, 2.24) is 14.3 Å². The number of aliphatic imine (C=N–C) groups is 1. The smallest absolute Gasteiger partial charge is 0.352 e. The first-order valence-corrected chi connectivity index (χ1v) is 17.2. The van der Waals surface area contributed by atoms with Crippen LogP contribution in [0.25, 0.3) is 22.0 Å². The Labute approximate surface area is 279 Å². The van der Waals surface area contributed by atoms with Gasteiger partial charge in [-0.05, 0) is 86.6 Å². The molecule has 2 heterocycles. The van der Waals surface area contributed by atoms with Crippen LogP contribution in [0.1, 0.15) is 51.4 Å². The molecule has 0 fully saturated rings. The average molecular weight is 666 g/mol. The van der Waals surface area contributed by atoms with E-state index >= 15 is 0 Å². The number of carboxylic acids is 1. The van der Waals surface area contributed by atoms with Gasteiger partial charge in [0.25, 0.3) is 0 Å². The molecule has 0 amide bonds. The first kappa shape index (κ1) is 33.0. The van der Waals surface area contributed by atoms with E-state index in [1.54, 1.807) is 18.8 Å². The van der Waals surface area contributed by atoms with Gasteiger partial charge in [0.05, 0.1) is 12.3 Å². The van der Waals surface area contributed by atoms with Gasteiger partial charge >= 0.3 is 5.97 Å². The molecule has 0 spiro atoms.